The number of nitrogens with one attached hydrogen (secondary N) is 1. The molecule has 0 bridgehead atoms. The Kier molecular flexibility index (Phi) is 7.07. The van der Waals surface area contributed by atoms with Crippen LogP contribution in [0.4, 0.5) is 0 Å². The predicted octanol–water partition coefficient (Wildman–Crippen LogP) is -1.73. The molecule has 3 N–H and O–H groups in total. The van der Waals surface area contributed by atoms with Gasteiger partial charge < -0.3 is 10.5 Å². The molecule has 0 aliphatic carbocycles. The van der Waals surface area contributed by atoms with Gasteiger partial charge in [0.25, 0.3) is 0 Å². The molecule has 0 rings (SSSR count). The van der Waals surface area contributed by atoms with Crippen molar-refractivity contribution in [3.8, 4) is 0 Å². The van der Waals surface area contributed by atoms with Crippen LogP contribution in [0.15, 0.2) is 0 Å². The average Bonchev–Trinajstić information content (AvgIpc) is 2.06. The van der Waals surface area contributed by atoms with E-state index < -0.39 is 24.9 Å². The molecule has 0 heterocycles. The van der Waals surface area contributed by atoms with Gasteiger partial charge in [0.15, 0.2) is 14.9 Å². The van der Waals surface area contributed by atoms with E-state index in [4.69, 9.17) is 10.5 Å². The lowest BCUT2D eigenvalue weighted by molar-refractivity contribution is 0.140. The van der Waals surface area contributed by atoms with E-state index in [0.29, 0.717) is 26.2 Å². The number of ether oxygens (including phenoxy) is 1. The number of sulfone groups is 1. The van der Waals surface area contributed by atoms with Crippen molar-refractivity contribution in [2.24, 2.45) is 5.73 Å². The van der Waals surface area contributed by atoms with Gasteiger partial charge in [-0.05, 0) is 6.42 Å². The first-order valence-corrected chi connectivity index (χ1v) is 8.41. The highest BCUT2D eigenvalue weighted by Crippen LogP contribution is 1.92. The summed E-state index contributed by atoms with van der Waals surface area (Å²) in [5.41, 5.74) is 5.18. The van der Waals surface area contributed by atoms with Crippen LogP contribution in [-0.4, -0.2) is 54.5 Å². The molecule has 0 aromatic carbocycles. The molecule has 0 aliphatic heterocycles. The van der Waals surface area contributed by atoms with Crippen molar-refractivity contribution >= 4 is 19.9 Å². The van der Waals surface area contributed by atoms with Crippen molar-refractivity contribution in [2.75, 3.05) is 37.6 Å². The molecule has 0 amide bonds. The van der Waals surface area contributed by atoms with E-state index in [0.717, 1.165) is 6.26 Å². The fourth-order valence-corrected chi connectivity index (χ4v) is 3.95. The van der Waals surface area contributed by atoms with Crippen molar-refractivity contribution < 1.29 is 21.6 Å². The summed E-state index contributed by atoms with van der Waals surface area (Å²) in [6.45, 7) is 1.39. The van der Waals surface area contributed by atoms with E-state index in [1.807, 2.05) is 0 Å². The van der Waals surface area contributed by atoms with E-state index >= 15 is 0 Å². The van der Waals surface area contributed by atoms with Gasteiger partial charge in [-0.1, -0.05) is 0 Å². The van der Waals surface area contributed by atoms with Gasteiger partial charge in [0.1, 0.15) is 0 Å². The van der Waals surface area contributed by atoms with Gasteiger partial charge in [-0.3, -0.25) is 0 Å². The Labute approximate surface area is 96.3 Å². The maximum absolute atomic E-state index is 11.2. The molecule has 0 aromatic rings. The first kappa shape index (κ1) is 15.8. The molecule has 0 fully saturated rings. The highest BCUT2D eigenvalue weighted by atomic mass is 32.3. The molecule has 0 aromatic heterocycles. The largest absolute Gasteiger partial charge is 0.380 e. The molecule has 0 saturated heterocycles. The maximum atomic E-state index is 11.2. The van der Waals surface area contributed by atoms with Crippen LogP contribution in [0.1, 0.15) is 6.42 Å². The van der Waals surface area contributed by atoms with Crippen LogP contribution in [0.5, 0.6) is 0 Å². The van der Waals surface area contributed by atoms with Crippen LogP contribution in [0.2, 0.25) is 0 Å². The SMILES string of the molecule is CS(=O)(=O)CS(=O)(=O)NCCCOCCN. The van der Waals surface area contributed by atoms with Crippen LogP contribution < -0.4 is 10.5 Å². The van der Waals surface area contributed by atoms with Crippen LogP contribution in [0, 0.1) is 0 Å². The number of hydrogen-bond donors (Lipinski definition) is 2. The number of nitrogens with two attached hydrogens (primary N) is 1. The normalized spacial score (nSPS) is 12.9. The minimum atomic E-state index is -3.75. The van der Waals surface area contributed by atoms with Gasteiger partial charge in [-0.25, -0.2) is 21.6 Å². The lowest BCUT2D eigenvalue weighted by Gasteiger charge is -2.05. The summed E-state index contributed by atoms with van der Waals surface area (Å²) in [5, 5.41) is -0.885. The summed E-state index contributed by atoms with van der Waals surface area (Å²) < 4.78 is 51.1. The smallest absolute Gasteiger partial charge is 0.226 e. The second-order valence-electron chi connectivity index (χ2n) is 3.31. The Balaban J connectivity index is 3.76. The molecular formula is C7H18N2O5S2. The molecule has 0 spiro atoms. The van der Waals surface area contributed by atoms with Crippen LogP contribution >= 0.6 is 0 Å². The van der Waals surface area contributed by atoms with Crippen molar-refractivity contribution in [2.45, 2.75) is 6.42 Å². The summed E-state index contributed by atoms with van der Waals surface area (Å²) in [7, 11) is -7.28. The van der Waals surface area contributed by atoms with Crippen molar-refractivity contribution in [1.29, 1.82) is 0 Å². The Morgan fingerprint density at radius 1 is 1.19 bits per heavy atom. The molecule has 9 heteroatoms. The van der Waals surface area contributed by atoms with Gasteiger partial charge in [0.05, 0.1) is 6.61 Å². The first-order chi connectivity index (χ1) is 7.27. The number of sulfonamides is 1. The maximum Gasteiger partial charge on any atom is 0.226 e. The fraction of sp³-hybridized carbons (Fsp3) is 1.00. The van der Waals surface area contributed by atoms with Gasteiger partial charge in [-0.2, -0.15) is 0 Å². The summed E-state index contributed by atoms with van der Waals surface area (Å²) in [5.74, 6) is 0. The average molecular weight is 274 g/mol. The lowest BCUT2D eigenvalue weighted by atomic mass is 10.5. The minimum absolute atomic E-state index is 0.155. The molecule has 98 valence electrons. The fourth-order valence-electron chi connectivity index (χ4n) is 0.911. The van der Waals surface area contributed by atoms with E-state index in [-0.39, 0.29) is 6.54 Å². The molecular weight excluding hydrogens is 256 g/mol. The Hall–Kier alpha value is -0.220. The topological polar surface area (TPSA) is 116 Å². The molecule has 0 unspecified atom stereocenters. The third kappa shape index (κ3) is 10.3. The molecule has 0 radical (unpaired) electrons. The van der Waals surface area contributed by atoms with Crippen molar-refractivity contribution in [3.05, 3.63) is 0 Å². The van der Waals surface area contributed by atoms with Crippen LogP contribution in [-0.2, 0) is 24.6 Å². The third-order valence-electron chi connectivity index (χ3n) is 1.42. The summed E-state index contributed by atoms with van der Waals surface area (Å²) >= 11 is 0. The number of hydrogen-bond acceptors (Lipinski definition) is 6. The summed E-state index contributed by atoms with van der Waals surface area (Å²) in [4.78, 5) is 0. The van der Waals surface area contributed by atoms with E-state index in [1.165, 1.54) is 0 Å². The summed E-state index contributed by atoms with van der Waals surface area (Å²) in [6, 6.07) is 0. The van der Waals surface area contributed by atoms with Crippen molar-refractivity contribution in [3.63, 3.8) is 0 Å². The van der Waals surface area contributed by atoms with Crippen molar-refractivity contribution in [1.82, 2.24) is 4.72 Å². The van der Waals surface area contributed by atoms with E-state index in [9.17, 15) is 16.8 Å². The zero-order chi connectivity index (χ0) is 12.7. The van der Waals surface area contributed by atoms with Crippen LogP contribution in [0.3, 0.4) is 0 Å². The van der Waals surface area contributed by atoms with Gasteiger partial charge in [0, 0.05) is 26.0 Å². The van der Waals surface area contributed by atoms with E-state index in [1.54, 1.807) is 0 Å². The zero-order valence-electron chi connectivity index (χ0n) is 9.18. The highest BCUT2D eigenvalue weighted by Gasteiger charge is 2.16. The lowest BCUT2D eigenvalue weighted by Crippen LogP contribution is -2.31. The standard InChI is InChI=1S/C7H18N2O5S2/c1-15(10,11)7-16(12,13)9-4-2-5-14-6-3-8/h9H,2-8H2,1H3. The second kappa shape index (κ2) is 7.17. The van der Waals surface area contributed by atoms with Gasteiger partial charge in [-0.15, -0.1) is 0 Å². The predicted molar refractivity (Wildman–Crippen MR) is 61.1 cm³/mol. The highest BCUT2D eigenvalue weighted by molar-refractivity contribution is 8.06. The minimum Gasteiger partial charge on any atom is -0.380 e. The summed E-state index contributed by atoms with van der Waals surface area (Å²) in [6.07, 6.45) is 1.35. The molecule has 0 aliphatic rings. The van der Waals surface area contributed by atoms with Gasteiger partial charge in [0.2, 0.25) is 10.0 Å². The first-order valence-electron chi connectivity index (χ1n) is 4.70. The molecule has 0 atom stereocenters. The Bertz CT molecular complexity index is 376. The second-order valence-corrected chi connectivity index (χ2v) is 7.62. The molecule has 16 heavy (non-hydrogen) atoms. The monoisotopic (exact) mass is 274 g/mol. The Morgan fingerprint density at radius 3 is 2.31 bits per heavy atom. The van der Waals surface area contributed by atoms with E-state index in [2.05, 4.69) is 4.72 Å². The molecule has 7 nitrogen and oxygen atoms in total. The quantitative estimate of drug-likeness (QED) is 0.483. The number of rotatable bonds is 9. The third-order valence-corrected chi connectivity index (χ3v) is 5.02. The Morgan fingerprint density at radius 2 is 1.81 bits per heavy atom. The van der Waals surface area contributed by atoms with Crippen LogP contribution in [0.25, 0.3) is 0 Å². The zero-order valence-corrected chi connectivity index (χ0v) is 10.8. The molecule has 0 saturated carbocycles. The van der Waals surface area contributed by atoms with Gasteiger partial charge >= 0.3 is 0 Å².